The molecule has 0 radical (unpaired) electrons. The quantitative estimate of drug-likeness (QED) is 0.883. The molecule has 0 saturated carbocycles. The number of aliphatic hydroxyl groups is 1. The second-order valence-electron chi connectivity index (χ2n) is 4.62. The molecule has 0 atom stereocenters. The van der Waals surface area contributed by atoms with E-state index in [4.69, 9.17) is 0 Å². The number of hydrogen-bond donors (Lipinski definition) is 1. The van der Waals surface area contributed by atoms with E-state index in [1.165, 1.54) is 4.31 Å². The standard InChI is InChI=1S/C14H18N2O3S2/c1-3-16(9-12-4-6-15-7-5-12)21(18,19)14-8-11(2)13(10-17)20-14/h4-8,17H,3,9-10H2,1-2H3. The summed E-state index contributed by atoms with van der Waals surface area (Å²) in [5.74, 6) is 0. The van der Waals surface area contributed by atoms with Crippen molar-refractivity contribution in [1.82, 2.24) is 9.29 Å². The van der Waals surface area contributed by atoms with E-state index in [2.05, 4.69) is 4.98 Å². The van der Waals surface area contributed by atoms with E-state index in [1.54, 1.807) is 37.5 Å². The fourth-order valence-electron chi connectivity index (χ4n) is 1.96. The summed E-state index contributed by atoms with van der Waals surface area (Å²) >= 11 is 1.13. The third-order valence-electron chi connectivity index (χ3n) is 3.20. The molecule has 0 aliphatic heterocycles. The van der Waals surface area contributed by atoms with Crippen LogP contribution in [0.15, 0.2) is 34.8 Å². The van der Waals surface area contributed by atoms with Crippen molar-refractivity contribution in [1.29, 1.82) is 0 Å². The van der Waals surface area contributed by atoms with Gasteiger partial charge in [0.05, 0.1) is 6.61 Å². The number of sulfonamides is 1. The minimum atomic E-state index is -3.54. The van der Waals surface area contributed by atoms with Crippen LogP contribution < -0.4 is 0 Å². The first-order valence-electron chi connectivity index (χ1n) is 6.58. The van der Waals surface area contributed by atoms with Crippen molar-refractivity contribution >= 4 is 21.4 Å². The van der Waals surface area contributed by atoms with Gasteiger partial charge >= 0.3 is 0 Å². The van der Waals surface area contributed by atoms with Gasteiger partial charge in [0, 0.05) is 30.4 Å². The predicted molar refractivity (Wildman–Crippen MR) is 82.5 cm³/mol. The van der Waals surface area contributed by atoms with E-state index in [0.717, 1.165) is 22.5 Å². The van der Waals surface area contributed by atoms with Crippen molar-refractivity contribution in [2.75, 3.05) is 6.54 Å². The maximum atomic E-state index is 12.7. The number of thiophene rings is 1. The van der Waals surface area contributed by atoms with Crippen LogP contribution in [0.1, 0.15) is 22.9 Å². The van der Waals surface area contributed by atoms with Gasteiger partial charge in [0.2, 0.25) is 0 Å². The van der Waals surface area contributed by atoms with Gasteiger partial charge in [0.15, 0.2) is 0 Å². The van der Waals surface area contributed by atoms with Crippen molar-refractivity contribution in [2.24, 2.45) is 0 Å². The largest absolute Gasteiger partial charge is 0.391 e. The minimum Gasteiger partial charge on any atom is -0.391 e. The fraction of sp³-hybridized carbons (Fsp3) is 0.357. The topological polar surface area (TPSA) is 70.5 Å². The van der Waals surface area contributed by atoms with Gasteiger partial charge in [-0.2, -0.15) is 4.31 Å². The average molecular weight is 326 g/mol. The molecule has 7 heteroatoms. The smallest absolute Gasteiger partial charge is 0.252 e. The van der Waals surface area contributed by atoms with Gasteiger partial charge in [0.25, 0.3) is 10.0 Å². The lowest BCUT2D eigenvalue weighted by molar-refractivity contribution is 0.285. The molecule has 2 aromatic heterocycles. The van der Waals surface area contributed by atoms with E-state index in [0.29, 0.717) is 18.0 Å². The molecule has 21 heavy (non-hydrogen) atoms. The zero-order valence-corrected chi connectivity index (χ0v) is 13.6. The number of rotatable bonds is 6. The van der Waals surface area contributed by atoms with Crippen LogP contribution >= 0.6 is 11.3 Å². The van der Waals surface area contributed by atoms with E-state index in [1.807, 2.05) is 6.92 Å². The maximum Gasteiger partial charge on any atom is 0.252 e. The lowest BCUT2D eigenvalue weighted by atomic mass is 10.3. The van der Waals surface area contributed by atoms with Crippen LogP contribution in [0.3, 0.4) is 0 Å². The van der Waals surface area contributed by atoms with Crippen LogP contribution in [0, 0.1) is 6.92 Å². The summed E-state index contributed by atoms with van der Waals surface area (Å²) in [6.45, 7) is 4.18. The first kappa shape index (κ1) is 16.1. The highest BCUT2D eigenvalue weighted by molar-refractivity contribution is 7.91. The average Bonchev–Trinajstić information content (AvgIpc) is 2.87. The Balaban J connectivity index is 2.31. The molecule has 0 spiro atoms. The second-order valence-corrected chi connectivity index (χ2v) is 7.92. The Morgan fingerprint density at radius 1 is 1.33 bits per heavy atom. The monoisotopic (exact) mass is 326 g/mol. The summed E-state index contributed by atoms with van der Waals surface area (Å²) in [4.78, 5) is 4.62. The van der Waals surface area contributed by atoms with Crippen LogP contribution in [0.2, 0.25) is 0 Å². The van der Waals surface area contributed by atoms with Gasteiger partial charge in [-0.05, 0) is 36.2 Å². The van der Waals surface area contributed by atoms with E-state index in [-0.39, 0.29) is 10.8 Å². The summed E-state index contributed by atoms with van der Waals surface area (Å²) in [5.41, 5.74) is 1.70. The second kappa shape index (κ2) is 6.65. The molecule has 0 amide bonds. The third kappa shape index (κ3) is 3.49. The van der Waals surface area contributed by atoms with Crippen molar-refractivity contribution in [2.45, 2.75) is 31.2 Å². The summed E-state index contributed by atoms with van der Waals surface area (Å²) in [5, 5.41) is 9.22. The molecular weight excluding hydrogens is 308 g/mol. The molecule has 0 aliphatic rings. The Bertz CT molecular complexity index is 696. The predicted octanol–water partition coefficient (Wildman–Crippen LogP) is 2.15. The lowest BCUT2D eigenvalue weighted by Crippen LogP contribution is -2.29. The third-order valence-corrected chi connectivity index (χ3v) is 6.79. The fourth-order valence-corrected chi connectivity index (χ4v) is 5.00. The number of aryl methyl sites for hydroxylation is 1. The first-order chi connectivity index (χ1) is 9.98. The van der Waals surface area contributed by atoms with Crippen LogP contribution in [0.5, 0.6) is 0 Å². The summed E-state index contributed by atoms with van der Waals surface area (Å²) in [6.07, 6.45) is 3.30. The number of aliphatic hydroxyl groups excluding tert-OH is 1. The molecule has 0 aromatic carbocycles. The van der Waals surface area contributed by atoms with E-state index in [9.17, 15) is 13.5 Å². The van der Waals surface area contributed by atoms with Gasteiger partial charge in [-0.15, -0.1) is 11.3 Å². The first-order valence-corrected chi connectivity index (χ1v) is 8.84. The van der Waals surface area contributed by atoms with Crippen molar-refractivity contribution in [3.8, 4) is 0 Å². The minimum absolute atomic E-state index is 0.136. The molecule has 1 N–H and O–H groups in total. The van der Waals surface area contributed by atoms with Gasteiger partial charge in [-0.3, -0.25) is 4.98 Å². The summed E-state index contributed by atoms with van der Waals surface area (Å²) in [6, 6.07) is 5.23. The van der Waals surface area contributed by atoms with Gasteiger partial charge in [-0.25, -0.2) is 8.42 Å². The van der Waals surface area contributed by atoms with Crippen molar-refractivity contribution in [3.05, 3.63) is 46.6 Å². The molecule has 0 aliphatic carbocycles. The molecule has 114 valence electrons. The van der Waals surface area contributed by atoms with Crippen LogP contribution in [0.25, 0.3) is 0 Å². The molecule has 0 fully saturated rings. The van der Waals surface area contributed by atoms with Gasteiger partial charge < -0.3 is 5.11 Å². The highest BCUT2D eigenvalue weighted by Crippen LogP contribution is 2.29. The Morgan fingerprint density at radius 3 is 2.52 bits per heavy atom. The number of hydrogen-bond acceptors (Lipinski definition) is 5. The number of pyridine rings is 1. The molecule has 2 aromatic rings. The molecule has 0 bridgehead atoms. The molecule has 0 saturated heterocycles. The molecule has 2 heterocycles. The number of nitrogens with zero attached hydrogens (tertiary/aromatic N) is 2. The maximum absolute atomic E-state index is 12.7. The van der Waals surface area contributed by atoms with E-state index < -0.39 is 10.0 Å². The SMILES string of the molecule is CCN(Cc1ccncc1)S(=O)(=O)c1cc(C)c(CO)s1. The van der Waals surface area contributed by atoms with Crippen LogP contribution in [-0.2, 0) is 23.2 Å². The van der Waals surface area contributed by atoms with Crippen LogP contribution in [-0.4, -0.2) is 29.4 Å². The lowest BCUT2D eigenvalue weighted by Gasteiger charge is -2.19. The Hall–Kier alpha value is -1.28. The van der Waals surface area contributed by atoms with Gasteiger partial charge in [0.1, 0.15) is 4.21 Å². The highest BCUT2D eigenvalue weighted by Gasteiger charge is 2.26. The Morgan fingerprint density at radius 2 is 2.00 bits per heavy atom. The molecule has 5 nitrogen and oxygen atoms in total. The Labute approximate surface area is 128 Å². The van der Waals surface area contributed by atoms with Gasteiger partial charge in [-0.1, -0.05) is 6.92 Å². The zero-order valence-electron chi connectivity index (χ0n) is 12.0. The molecule has 0 unspecified atom stereocenters. The zero-order chi connectivity index (χ0) is 15.5. The summed E-state index contributed by atoms with van der Waals surface area (Å²) in [7, 11) is -3.54. The van der Waals surface area contributed by atoms with E-state index >= 15 is 0 Å². The van der Waals surface area contributed by atoms with Crippen molar-refractivity contribution < 1.29 is 13.5 Å². The van der Waals surface area contributed by atoms with Crippen molar-refractivity contribution in [3.63, 3.8) is 0 Å². The summed E-state index contributed by atoms with van der Waals surface area (Å²) < 4.78 is 27.1. The molecular formula is C14H18N2O3S2. The molecule has 2 rings (SSSR count). The highest BCUT2D eigenvalue weighted by atomic mass is 32.2. The number of aromatic nitrogens is 1. The van der Waals surface area contributed by atoms with Crippen LogP contribution in [0.4, 0.5) is 0 Å². The normalized spacial score (nSPS) is 12.0. The Kier molecular flexibility index (Phi) is 5.10.